The van der Waals surface area contributed by atoms with Crippen molar-refractivity contribution in [2.45, 2.75) is 0 Å². The van der Waals surface area contributed by atoms with Crippen LogP contribution in [-0.4, -0.2) is 4.98 Å². The third kappa shape index (κ3) is 1.03. The normalized spacial score (nSPS) is 10.5. The van der Waals surface area contributed by atoms with Gasteiger partial charge in [0, 0.05) is 3.57 Å². The number of halogens is 1. The fourth-order valence-electron chi connectivity index (χ4n) is 0.831. The Balaban J connectivity index is 2.86. The molecule has 0 saturated carbocycles. The number of nitrogens with zero attached hydrogens (tertiary/aromatic N) is 1. The SMILES string of the molecule is Ic1ccc2scnc2c1. The van der Waals surface area contributed by atoms with Gasteiger partial charge in [0.1, 0.15) is 0 Å². The first kappa shape index (κ1) is 6.54. The Morgan fingerprint density at radius 1 is 1.40 bits per heavy atom. The van der Waals surface area contributed by atoms with Crippen molar-refractivity contribution in [1.82, 2.24) is 4.98 Å². The van der Waals surface area contributed by atoms with Crippen molar-refractivity contribution in [3.05, 3.63) is 27.3 Å². The number of hydrogen-bond acceptors (Lipinski definition) is 2. The van der Waals surface area contributed by atoms with Crippen LogP contribution in [0.2, 0.25) is 0 Å². The lowest BCUT2D eigenvalue weighted by Crippen LogP contribution is -1.69. The molecule has 1 heterocycles. The molecule has 0 unspecified atom stereocenters. The Morgan fingerprint density at radius 2 is 2.30 bits per heavy atom. The lowest BCUT2D eigenvalue weighted by molar-refractivity contribution is 1.49. The molecule has 0 N–H and O–H groups in total. The molecule has 0 spiro atoms. The van der Waals surface area contributed by atoms with Crippen LogP contribution in [0.4, 0.5) is 0 Å². The van der Waals surface area contributed by atoms with E-state index < -0.39 is 0 Å². The fourth-order valence-corrected chi connectivity index (χ4v) is 1.96. The smallest absolute Gasteiger partial charge is 0.0822 e. The fraction of sp³-hybridized carbons (Fsp3) is 0. The van der Waals surface area contributed by atoms with E-state index >= 15 is 0 Å². The molecule has 1 aromatic carbocycles. The zero-order valence-electron chi connectivity index (χ0n) is 5.04. The lowest BCUT2D eigenvalue weighted by atomic mass is 10.3. The minimum atomic E-state index is 1.11. The van der Waals surface area contributed by atoms with Gasteiger partial charge in [-0.15, -0.1) is 11.3 Å². The van der Waals surface area contributed by atoms with E-state index in [9.17, 15) is 0 Å². The Labute approximate surface area is 76.2 Å². The maximum atomic E-state index is 4.19. The van der Waals surface area contributed by atoms with Crippen LogP contribution in [0.1, 0.15) is 0 Å². The minimum Gasteiger partial charge on any atom is -0.245 e. The second kappa shape index (κ2) is 2.47. The largest absolute Gasteiger partial charge is 0.245 e. The van der Waals surface area contributed by atoms with E-state index in [4.69, 9.17) is 0 Å². The molecule has 2 aromatic rings. The molecule has 0 fully saturated rings. The summed E-state index contributed by atoms with van der Waals surface area (Å²) in [6, 6.07) is 6.29. The molecule has 0 aliphatic carbocycles. The third-order valence-corrected chi connectivity index (χ3v) is 2.77. The van der Waals surface area contributed by atoms with Crippen LogP contribution < -0.4 is 0 Å². The molecule has 1 aromatic heterocycles. The molecule has 1 nitrogen and oxygen atoms in total. The highest BCUT2D eigenvalue weighted by Gasteiger charge is 1.94. The van der Waals surface area contributed by atoms with Crippen LogP contribution in [0.15, 0.2) is 23.7 Å². The first-order valence-electron chi connectivity index (χ1n) is 2.85. The molecule has 0 saturated heterocycles. The van der Waals surface area contributed by atoms with E-state index in [0.29, 0.717) is 0 Å². The molecular weight excluding hydrogens is 257 g/mol. The monoisotopic (exact) mass is 261 g/mol. The van der Waals surface area contributed by atoms with Gasteiger partial charge in [-0.1, -0.05) is 0 Å². The summed E-state index contributed by atoms with van der Waals surface area (Å²) in [4.78, 5) is 4.19. The topological polar surface area (TPSA) is 12.9 Å². The maximum absolute atomic E-state index is 4.19. The summed E-state index contributed by atoms with van der Waals surface area (Å²) in [6.45, 7) is 0. The number of hydrogen-bond donors (Lipinski definition) is 0. The molecular formula is C7H4INS. The van der Waals surface area contributed by atoms with Gasteiger partial charge in [0.15, 0.2) is 0 Å². The van der Waals surface area contributed by atoms with E-state index in [1.54, 1.807) is 11.3 Å². The molecule has 0 aliphatic heterocycles. The Morgan fingerprint density at radius 3 is 3.20 bits per heavy atom. The summed E-state index contributed by atoms with van der Waals surface area (Å²) in [7, 11) is 0. The highest BCUT2D eigenvalue weighted by Crippen LogP contribution is 2.19. The highest BCUT2D eigenvalue weighted by atomic mass is 127. The number of benzene rings is 1. The van der Waals surface area contributed by atoms with E-state index in [0.717, 1.165) is 5.52 Å². The average Bonchev–Trinajstić information content (AvgIpc) is 2.33. The van der Waals surface area contributed by atoms with Crippen molar-refractivity contribution >= 4 is 44.1 Å². The first-order valence-corrected chi connectivity index (χ1v) is 4.81. The standard InChI is InChI=1S/C7H4INS/c8-5-1-2-7-6(3-5)9-4-10-7/h1-4H. The average molecular weight is 261 g/mol. The Bertz CT molecular complexity index is 355. The van der Waals surface area contributed by atoms with Crippen LogP contribution in [0, 0.1) is 3.57 Å². The van der Waals surface area contributed by atoms with Crippen molar-refractivity contribution in [3.8, 4) is 0 Å². The minimum absolute atomic E-state index is 1.11. The molecule has 10 heavy (non-hydrogen) atoms. The molecule has 50 valence electrons. The van der Waals surface area contributed by atoms with Crippen LogP contribution in [0.5, 0.6) is 0 Å². The number of aromatic nitrogens is 1. The van der Waals surface area contributed by atoms with Gasteiger partial charge < -0.3 is 0 Å². The maximum Gasteiger partial charge on any atom is 0.0822 e. The van der Waals surface area contributed by atoms with E-state index in [1.807, 2.05) is 5.51 Å². The van der Waals surface area contributed by atoms with Gasteiger partial charge in [0.25, 0.3) is 0 Å². The zero-order chi connectivity index (χ0) is 6.97. The highest BCUT2D eigenvalue weighted by molar-refractivity contribution is 14.1. The third-order valence-electron chi connectivity index (χ3n) is 1.29. The van der Waals surface area contributed by atoms with Gasteiger partial charge in [-0.2, -0.15) is 0 Å². The summed E-state index contributed by atoms with van der Waals surface area (Å²) in [5, 5.41) is 0. The molecule has 3 heteroatoms. The molecule has 0 amide bonds. The number of thiazole rings is 1. The van der Waals surface area contributed by atoms with Gasteiger partial charge >= 0.3 is 0 Å². The van der Waals surface area contributed by atoms with E-state index in [1.165, 1.54) is 8.27 Å². The zero-order valence-corrected chi connectivity index (χ0v) is 8.02. The summed E-state index contributed by atoms with van der Waals surface area (Å²) in [5.41, 5.74) is 2.98. The second-order valence-electron chi connectivity index (χ2n) is 1.96. The van der Waals surface area contributed by atoms with Gasteiger partial charge in [-0.25, -0.2) is 4.98 Å². The van der Waals surface area contributed by atoms with Crippen molar-refractivity contribution in [3.63, 3.8) is 0 Å². The van der Waals surface area contributed by atoms with Crippen LogP contribution in [-0.2, 0) is 0 Å². The van der Waals surface area contributed by atoms with Gasteiger partial charge in [0.2, 0.25) is 0 Å². The van der Waals surface area contributed by atoms with E-state index in [2.05, 4.69) is 45.8 Å². The molecule has 0 aliphatic rings. The number of fused-ring (bicyclic) bond motifs is 1. The van der Waals surface area contributed by atoms with Gasteiger partial charge in [-0.05, 0) is 40.8 Å². The predicted octanol–water partition coefficient (Wildman–Crippen LogP) is 2.90. The van der Waals surface area contributed by atoms with E-state index in [-0.39, 0.29) is 0 Å². The summed E-state index contributed by atoms with van der Waals surface area (Å²) < 4.78 is 2.51. The van der Waals surface area contributed by atoms with Crippen LogP contribution >= 0.6 is 33.9 Å². The molecule has 2 rings (SSSR count). The van der Waals surface area contributed by atoms with Crippen molar-refractivity contribution in [2.75, 3.05) is 0 Å². The molecule has 0 atom stereocenters. The second-order valence-corrected chi connectivity index (χ2v) is 4.10. The van der Waals surface area contributed by atoms with Gasteiger partial charge in [0.05, 0.1) is 15.7 Å². The molecule has 0 bridgehead atoms. The van der Waals surface area contributed by atoms with Gasteiger partial charge in [-0.3, -0.25) is 0 Å². The summed E-state index contributed by atoms with van der Waals surface area (Å²) in [5.74, 6) is 0. The molecule has 0 radical (unpaired) electrons. The van der Waals surface area contributed by atoms with Crippen molar-refractivity contribution in [1.29, 1.82) is 0 Å². The quantitative estimate of drug-likeness (QED) is 0.664. The number of rotatable bonds is 0. The predicted molar refractivity (Wildman–Crippen MR) is 52.3 cm³/mol. The summed E-state index contributed by atoms with van der Waals surface area (Å²) in [6.07, 6.45) is 0. The Kier molecular flexibility index (Phi) is 1.61. The Hall–Kier alpha value is -0.160. The first-order chi connectivity index (χ1) is 4.86. The van der Waals surface area contributed by atoms with Crippen LogP contribution in [0.3, 0.4) is 0 Å². The van der Waals surface area contributed by atoms with Crippen molar-refractivity contribution < 1.29 is 0 Å². The summed E-state index contributed by atoms with van der Waals surface area (Å²) >= 11 is 3.97. The van der Waals surface area contributed by atoms with Crippen molar-refractivity contribution in [2.24, 2.45) is 0 Å². The lowest BCUT2D eigenvalue weighted by Gasteiger charge is -1.87. The van der Waals surface area contributed by atoms with Crippen LogP contribution in [0.25, 0.3) is 10.2 Å².